The predicted octanol–water partition coefficient (Wildman–Crippen LogP) is 1.88. The summed E-state index contributed by atoms with van der Waals surface area (Å²) < 4.78 is 22.1. The Morgan fingerprint density at radius 1 is 1.40 bits per heavy atom. The molecule has 6 heteroatoms. The topological polar surface area (TPSA) is 63.2 Å². The normalized spacial score (nSPS) is 11.1. The van der Waals surface area contributed by atoms with Gasteiger partial charge in [0.15, 0.2) is 0 Å². The number of hydrogen-bond acceptors (Lipinski definition) is 3. The largest absolute Gasteiger partial charge is 0.326 e. The molecule has 1 N–H and O–H groups in total. The van der Waals surface area contributed by atoms with Crippen LogP contribution >= 0.6 is 10.7 Å². The molecule has 0 aliphatic carbocycles. The zero-order valence-corrected chi connectivity index (χ0v) is 9.82. The van der Waals surface area contributed by atoms with E-state index in [1.54, 1.807) is 13.0 Å². The van der Waals surface area contributed by atoms with E-state index in [2.05, 4.69) is 5.32 Å². The molecule has 0 bridgehead atoms. The van der Waals surface area contributed by atoms with Gasteiger partial charge in [0.25, 0.3) is 9.05 Å². The number of benzene rings is 1. The summed E-state index contributed by atoms with van der Waals surface area (Å²) >= 11 is 0. The van der Waals surface area contributed by atoms with Crippen LogP contribution in [0.4, 0.5) is 5.69 Å². The van der Waals surface area contributed by atoms with Crippen molar-refractivity contribution in [1.82, 2.24) is 0 Å². The molecule has 0 unspecified atom stereocenters. The molecule has 0 atom stereocenters. The molecule has 15 heavy (non-hydrogen) atoms. The minimum absolute atomic E-state index is 0.0540. The Balaban J connectivity index is 3.15. The van der Waals surface area contributed by atoms with Gasteiger partial charge in [-0.05, 0) is 30.7 Å². The molecular formula is C9H10ClNO3S. The second-order valence-electron chi connectivity index (χ2n) is 3.10. The van der Waals surface area contributed by atoms with E-state index in [4.69, 9.17) is 10.7 Å². The quantitative estimate of drug-likeness (QED) is 0.825. The van der Waals surface area contributed by atoms with E-state index < -0.39 is 9.05 Å². The molecule has 0 spiro atoms. The van der Waals surface area contributed by atoms with Crippen LogP contribution in [-0.4, -0.2) is 14.3 Å². The number of carbonyl (C=O) groups excluding carboxylic acids is 1. The van der Waals surface area contributed by atoms with Gasteiger partial charge >= 0.3 is 0 Å². The SMILES string of the molecule is CC(=O)N[14c]1[14cH][14cH][14c](S(=O)(=O)Cl)[14c](C)[14cH]1. The minimum atomic E-state index is -3.72. The van der Waals surface area contributed by atoms with Gasteiger partial charge in [0, 0.05) is 23.3 Å². The third-order valence-electron chi connectivity index (χ3n) is 1.76. The zero-order chi connectivity index (χ0) is 11.6. The van der Waals surface area contributed by atoms with Gasteiger partial charge in [-0.25, -0.2) is 8.42 Å². The monoisotopic (exact) mass is 259 g/mol. The zero-order valence-electron chi connectivity index (χ0n) is 8.24. The van der Waals surface area contributed by atoms with Crippen LogP contribution in [0.3, 0.4) is 0 Å². The van der Waals surface area contributed by atoms with Crippen molar-refractivity contribution < 1.29 is 13.2 Å². The van der Waals surface area contributed by atoms with Gasteiger partial charge in [-0.15, -0.1) is 0 Å². The fraction of sp³-hybridized carbons (Fsp3) is 0.222. The van der Waals surface area contributed by atoms with Crippen molar-refractivity contribution in [3.05, 3.63) is 23.8 Å². The molecule has 1 amide bonds. The third-order valence-corrected chi connectivity index (χ3v) is 3.24. The molecule has 4 nitrogen and oxygen atoms in total. The van der Waals surface area contributed by atoms with Gasteiger partial charge in [-0.2, -0.15) is 0 Å². The van der Waals surface area contributed by atoms with Gasteiger partial charge in [0.1, 0.15) is 0 Å². The number of aryl methyl sites for hydroxylation is 1. The lowest BCUT2D eigenvalue weighted by Crippen LogP contribution is -2.06. The summed E-state index contributed by atoms with van der Waals surface area (Å²) in [5.41, 5.74) is 1.04. The van der Waals surface area contributed by atoms with E-state index in [0.29, 0.717) is 11.3 Å². The molecule has 0 aliphatic rings. The highest BCUT2D eigenvalue weighted by molar-refractivity contribution is 8.13. The Hall–Kier alpha value is -1.07. The molecule has 1 aromatic rings. The van der Waals surface area contributed by atoms with Crippen molar-refractivity contribution in [1.29, 1.82) is 0 Å². The maximum atomic E-state index is 11.1. The molecule has 1 rings (SSSR count). The first kappa shape index (κ1) is 12.0. The van der Waals surface area contributed by atoms with Crippen LogP contribution in [0.5, 0.6) is 0 Å². The van der Waals surface area contributed by atoms with E-state index in [9.17, 15) is 13.2 Å². The standard InChI is InChI=1S/C9H10ClNO3S/c1-6-5-8(11-7(2)12)3-4-9(6)15(10,13)14/h3-5H,1-2H3,(H,11,12)/i3+2,4+2,5+2,6+2,8+2,9+2. The van der Waals surface area contributed by atoms with Crippen LogP contribution in [0, 0.1) is 6.92 Å². The summed E-state index contributed by atoms with van der Waals surface area (Å²) in [5.74, 6) is -0.212. The van der Waals surface area contributed by atoms with Crippen LogP contribution in [0.15, 0.2) is 23.1 Å². The molecule has 0 radical (unpaired) electrons. The fourth-order valence-electron chi connectivity index (χ4n) is 1.20. The lowest BCUT2D eigenvalue weighted by atomic mass is 10.8. The van der Waals surface area contributed by atoms with Gasteiger partial charge < -0.3 is 5.32 Å². The molecule has 1 aromatic carbocycles. The van der Waals surface area contributed by atoms with Gasteiger partial charge in [0.2, 0.25) is 5.91 Å². The molecule has 0 saturated carbocycles. The number of hydrogen-bond donors (Lipinski definition) is 1. The van der Waals surface area contributed by atoms with Gasteiger partial charge in [0.05, 0.1) is 4.90 Å². The number of halogens is 1. The summed E-state index contributed by atoms with van der Waals surface area (Å²) in [7, 11) is 1.49. The van der Waals surface area contributed by atoms with Gasteiger partial charge in [-0.3, -0.25) is 4.79 Å². The van der Waals surface area contributed by atoms with E-state index in [0.717, 1.165) is 0 Å². The molecule has 0 saturated heterocycles. The second-order valence-corrected chi connectivity index (χ2v) is 5.63. The van der Waals surface area contributed by atoms with Crippen molar-refractivity contribution in [2.75, 3.05) is 5.32 Å². The average molecular weight is 260 g/mol. The Morgan fingerprint density at radius 2 is 2.00 bits per heavy atom. The molecule has 0 aliphatic heterocycles. The Kier molecular flexibility index (Phi) is 3.36. The highest BCUT2D eigenvalue weighted by Gasteiger charge is 2.13. The van der Waals surface area contributed by atoms with E-state index in [1.165, 1.54) is 19.1 Å². The van der Waals surface area contributed by atoms with Crippen molar-refractivity contribution >= 4 is 31.3 Å². The van der Waals surface area contributed by atoms with Gasteiger partial charge in [-0.1, -0.05) is 0 Å². The minimum Gasteiger partial charge on any atom is -0.326 e. The third kappa shape index (κ3) is 3.21. The fourth-order valence-corrected chi connectivity index (χ4v) is 2.40. The van der Waals surface area contributed by atoms with Crippen LogP contribution in [-0.2, 0) is 13.8 Å². The summed E-state index contributed by atoms with van der Waals surface area (Å²) in [5, 5.41) is 2.55. The van der Waals surface area contributed by atoms with Crippen molar-refractivity contribution in [3.63, 3.8) is 0 Å². The Morgan fingerprint density at radius 3 is 2.40 bits per heavy atom. The smallest absolute Gasteiger partial charge is 0.261 e. The van der Waals surface area contributed by atoms with E-state index in [1.807, 2.05) is 0 Å². The first-order chi connectivity index (χ1) is 6.80. The van der Waals surface area contributed by atoms with Crippen LogP contribution in [0.1, 0.15) is 12.5 Å². The summed E-state index contributed by atoms with van der Waals surface area (Å²) in [6, 6.07) is 4.41. The van der Waals surface area contributed by atoms with Crippen LogP contribution in [0.25, 0.3) is 0 Å². The van der Waals surface area contributed by atoms with E-state index >= 15 is 0 Å². The van der Waals surface area contributed by atoms with Crippen molar-refractivity contribution in [2.24, 2.45) is 0 Å². The van der Waals surface area contributed by atoms with E-state index in [-0.39, 0.29) is 10.8 Å². The maximum absolute atomic E-state index is 11.1. The Bertz CT molecular complexity index is 496. The van der Waals surface area contributed by atoms with Crippen molar-refractivity contribution in [2.45, 2.75) is 18.7 Å². The highest BCUT2D eigenvalue weighted by Crippen LogP contribution is 2.22. The summed E-state index contributed by atoms with van der Waals surface area (Å²) in [4.78, 5) is 10.8. The summed E-state index contributed by atoms with van der Waals surface area (Å²) in [6.07, 6.45) is 0. The maximum Gasteiger partial charge on any atom is 0.261 e. The molecular weight excluding hydrogens is 250 g/mol. The molecule has 0 fully saturated rings. The number of carbonyl (C=O) groups is 1. The van der Waals surface area contributed by atoms with Crippen molar-refractivity contribution in [3.8, 4) is 0 Å². The number of amides is 1. The molecule has 82 valence electrons. The second kappa shape index (κ2) is 4.20. The lowest BCUT2D eigenvalue weighted by Gasteiger charge is -2.06. The number of anilines is 1. The first-order valence-electron chi connectivity index (χ1n) is 4.13. The lowest BCUT2D eigenvalue weighted by molar-refractivity contribution is -0.114. The predicted molar refractivity (Wildman–Crippen MR) is 58.5 cm³/mol. The Labute approximate surface area is 92.7 Å². The number of rotatable bonds is 2. The first-order valence-corrected chi connectivity index (χ1v) is 6.44. The van der Waals surface area contributed by atoms with Crippen LogP contribution in [0.2, 0.25) is 0 Å². The molecule has 0 heterocycles. The van der Waals surface area contributed by atoms with Crippen LogP contribution < -0.4 is 5.32 Å². The number of nitrogens with one attached hydrogen (secondary N) is 1. The average Bonchev–Trinajstić information content (AvgIpc) is 1.99. The highest BCUT2D eigenvalue weighted by atomic mass is 35.7. The summed E-state index contributed by atoms with van der Waals surface area (Å²) in [6.45, 7) is 2.99. The molecule has 0 aromatic heterocycles.